The summed E-state index contributed by atoms with van der Waals surface area (Å²) >= 11 is 1.29. The van der Waals surface area contributed by atoms with E-state index in [1.165, 1.54) is 18.3 Å². The molecule has 0 atom stereocenters. The molecule has 0 aliphatic carbocycles. The molecule has 1 heterocycles. The number of hydrogen-bond acceptors (Lipinski definition) is 5. The number of thiophene rings is 1. The van der Waals surface area contributed by atoms with Crippen molar-refractivity contribution >= 4 is 40.4 Å². The van der Waals surface area contributed by atoms with Crippen LogP contribution < -0.4 is 16.0 Å². The first-order valence-corrected chi connectivity index (χ1v) is 9.82. The standard InChI is InChI=1S/C22H18N4O3S/c1-14(27)24-13-19-8-9-20(30-19)22(29)26-18-7-3-5-16(11-18)21(28)25-17-6-2-4-15(10-17)12-23/h2-11H,13H2,1H3,(H,24,27)(H,25,28)(H,26,29). The molecule has 30 heavy (non-hydrogen) atoms. The van der Waals surface area contributed by atoms with Crippen LogP contribution >= 0.6 is 11.3 Å². The largest absolute Gasteiger partial charge is 0.351 e. The van der Waals surface area contributed by atoms with E-state index in [9.17, 15) is 14.4 Å². The number of carbonyl (C=O) groups excluding carboxylic acids is 3. The van der Waals surface area contributed by atoms with E-state index in [4.69, 9.17) is 5.26 Å². The smallest absolute Gasteiger partial charge is 0.265 e. The highest BCUT2D eigenvalue weighted by atomic mass is 32.1. The van der Waals surface area contributed by atoms with E-state index in [0.717, 1.165) is 4.88 Å². The minimum absolute atomic E-state index is 0.135. The van der Waals surface area contributed by atoms with Gasteiger partial charge in [0.1, 0.15) is 0 Å². The normalized spacial score (nSPS) is 10.0. The van der Waals surface area contributed by atoms with Gasteiger partial charge in [-0.25, -0.2) is 0 Å². The second-order valence-corrected chi connectivity index (χ2v) is 7.53. The summed E-state index contributed by atoms with van der Waals surface area (Å²) in [5.74, 6) is -0.785. The Balaban J connectivity index is 1.66. The van der Waals surface area contributed by atoms with E-state index < -0.39 is 0 Å². The Labute approximate surface area is 177 Å². The van der Waals surface area contributed by atoms with Gasteiger partial charge in [0.25, 0.3) is 11.8 Å². The van der Waals surface area contributed by atoms with Gasteiger partial charge in [-0.05, 0) is 48.5 Å². The van der Waals surface area contributed by atoms with E-state index in [1.807, 2.05) is 6.07 Å². The van der Waals surface area contributed by atoms with Crippen molar-refractivity contribution in [1.29, 1.82) is 5.26 Å². The number of carbonyl (C=O) groups is 3. The number of amides is 3. The maximum atomic E-state index is 12.5. The monoisotopic (exact) mass is 418 g/mol. The van der Waals surface area contributed by atoms with Crippen molar-refractivity contribution in [3.63, 3.8) is 0 Å². The summed E-state index contributed by atoms with van der Waals surface area (Å²) < 4.78 is 0. The van der Waals surface area contributed by atoms with Crippen LogP contribution in [0.4, 0.5) is 11.4 Å². The fourth-order valence-electron chi connectivity index (χ4n) is 2.61. The van der Waals surface area contributed by atoms with Crippen molar-refractivity contribution in [3.05, 3.63) is 81.5 Å². The summed E-state index contributed by atoms with van der Waals surface area (Å²) in [7, 11) is 0. The molecule has 7 nitrogen and oxygen atoms in total. The van der Waals surface area contributed by atoms with Gasteiger partial charge in [-0.15, -0.1) is 11.3 Å². The minimum Gasteiger partial charge on any atom is -0.351 e. The first-order chi connectivity index (χ1) is 14.4. The summed E-state index contributed by atoms with van der Waals surface area (Å²) in [6.07, 6.45) is 0. The topological polar surface area (TPSA) is 111 Å². The predicted octanol–water partition coefficient (Wildman–Crippen LogP) is 3.76. The minimum atomic E-state index is -0.352. The predicted molar refractivity (Wildman–Crippen MR) is 115 cm³/mol. The summed E-state index contributed by atoms with van der Waals surface area (Å²) in [5, 5.41) is 17.2. The molecule has 0 bridgehead atoms. The van der Waals surface area contributed by atoms with Crippen LogP contribution in [0.1, 0.15) is 37.4 Å². The molecule has 0 spiro atoms. The number of hydrogen-bond donors (Lipinski definition) is 3. The summed E-state index contributed by atoms with van der Waals surface area (Å²) in [6, 6.07) is 18.7. The second-order valence-electron chi connectivity index (χ2n) is 6.36. The highest BCUT2D eigenvalue weighted by Crippen LogP contribution is 2.19. The van der Waals surface area contributed by atoms with Crippen LogP contribution in [-0.4, -0.2) is 17.7 Å². The van der Waals surface area contributed by atoms with Crippen molar-refractivity contribution in [2.75, 3.05) is 10.6 Å². The fraction of sp³-hybridized carbons (Fsp3) is 0.0909. The molecule has 0 saturated heterocycles. The molecule has 3 N–H and O–H groups in total. The van der Waals surface area contributed by atoms with Crippen LogP contribution in [0, 0.1) is 11.3 Å². The molecule has 3 amide bonds. The lowest BCUT2D eigenvalue weighted by atomic mass is 10.1. The first-order valence-electron chi connectivity index (χ1n) is 9.00. The quantitative estimate of drug-likeness (QED) is 0.566. The van der Waals surface area contributed by atoms with E-state index in [2.05, 4.69) is 16.0 Å². The van der Waals surface area contributed by atoms with Crippen molar-refractivity contribution in [2.24, 2.45) is 0 Å². The average molecular weight is 418 g/mol. The molecule has 8 heteroatoms. The van der Waals surface area contributed by atoms with Gasteiger partial charge >= 0.3 is 0 Å². The summed E-state index contributed by atoms with van der Waals surface area (Å²) in [5.41, 5.74) is 1.81. The zero-order chi connectivity index (χ0) is 21.5. The van der Waals surface area contributed by atoms with Gasteiger partial charge < -0.3 is 16.0 Å². The molecule has 0 saturated carbocycles. The van der Waals surface area contributed by atoms with Gasteiger partial charge in [0.05, 0.1) is 23.1 Å². The second kappa shape index (κ2) is 9.49. The van der Waals surface area contributed by atoms with E-state index in [1.54, 1.807) is 60.7 Å². The molecule has 1 aromatic heterocycles. The molecule has 0 aliphatic heterocycles. The number of anilines is 2. The van der Waals surface area contributed by atoms with Crippen molar-refractivity contribution in [1.82, 2.24) is 5.32 Å². The molecule has 3 rings (SSSR count). The Morgan fingerprint density at radius 1 is 0.933 bits per heavy atom. The van der Waals surface area contributed by atoms with Crippen LogP contribution in [0.15, 0.2) is 60.7 Å². The number of benzene rings is 2. The zero-order valence-electron chi connectivity index (χ0n) is 16.1. The fourth-order valence-corrected chi connectivity index (χ4v) is 3.45. The Hall–Kier alpha value is -3.96. The van der Waals surface area contributed by atoms with Gasteiger partial charge in [-0.2, -0.15) is 5.26 Å². The summed E-state index contributed by atoms with van der Waals surface area (Å²) in [6.45, 7) is 1.81. The van der Waals surface area contributed by atoms with Crippen LogP contribution in [0.25, 0.3) is 0 Å². The van der Waals surface area contributed by atoms with Crippen molar-refractivity contribution in [3.8, 4) is 6.07 Å². The third-order valence-corrected chi connectivity index (χ3v) is 5.11. The molecular weight excluding hydrogens is 400 g/mol. The number of nitrogens with one attached hydrogen (secondary N) is 3. The van der Waals surface area contributed by atoms with Gasteiger partial charge in [-0.3, -0.25) is 14.4 Å². The van der Waals surface area contributed by atoms with E-state index >= 15 is 0 Å². The number of rotatable bonds is 6. The Kier molecular flexibility index (Phi) is 6.57. The SMILES string of the molecule is CC(=O)NCc1ccc(C(=O)Nc2cccc(C(=O)Nc3cccc(C#N)c3)c2)s1. The van der Waals surface area contributed by atoms with Crippen LogP contribution in [-0.2, 0) is 11.3 Å². The summed E-state index contributed by atoms with van der Waals surface area (Å²) in [4.78, 5) is 37.4. The molecular formula is C22H18N4O3S. The number of nitrogens with zero attached hydrogens (tertiary/aromatic N) is 1. The maximum Gasteiger partial charge on any atom is 0.265 e. The lowest BCUT2D eigenvalue weighted by molar-refractivity contribution is -0.119. The lowest BCUT2D eigenvalue weighted by Crippen LogP contribution is -2.18. The van der Waals surface area contributed by atoms with Crippen LogP contribution in [0.2, 0.25) is 0 Å². The molecule has 2 aromatic carbocycles. The maximum absolute atomic E-state index is 12.5. The van der Waals surface area contributed by atoms with E-state index in [0.29, 0.717) is 33.9 Å². The third kappa shape index (κ3) is 5.53. The molecule has 0 aliphatic rings. The number of nitriles is 1. The van der Waals surface area contributed by atoms with Gasteiger partial charge in [0.2, 0.25) is 5.91 Å². The molecule has 0 unspecified atom stereocenters. The molecule has 0 radical (unpaired) electrons. The van der Waals surface area contributed by atoms with Crippen LogP contribution in [0.3, 0.4) is 0 Å². The lowest BCUT2D eigenvalue weighted by Gasteiger charge is -2.08. The highest BCUT2D eigenvalue weighted by molar-refractivity contribution is 7.14. The van der Waals surface area contributed by atoms with Gasteiger partial charge in [0.15, 0.2) is 0 Å². The van der Waals surface area contributed by atoms with Crippen LogP contribution in [0.5, 0.6) is 0 Å². The first kappa shape index (κ1) is 20.8. The van der Waals surface area contributed by atoms with E-state index in [-0.39, 0.29) is 17.7 Å². The highest BCUT2D eigenvalue weighted by Gasteiger charge is 2.12. The Bertz CT molecular complexity index is 1150. The molecule has 3 aromatic rings. The Morgan fingerprint density at radius 3 is 2.37 bits per heavy atom. The van der Waals surface area contributed by atoms with Gasteiger partial charge in [-0.1, -0.05) is 12.1 Å². The molecule has 150 valence electrons. The zero-order valence-corrected chi connectivity index (χ0v) is 16.9. The van der Waals surface area contributed by atoms with Gasteiger partial charge in [0, 0.05) is 28.7 Å². The van der Waals surface area contributed by atoms with Crippen molar-refractivity contribution in [2.45, 2.75) is 13.5 Å². The van der Waals surface area contributed by atoms with Crippen molar-refractivity contribution < 1.29 is 14.4 Å². The molecule has 0 fully saturated rings. The average Bonchev–Trinajstić information content (AvgIpc) is 3.22. The third-order valence-electron chi connectivity index (χ3n) is 4.03. The Morgan fingerprint density at radius 2 is 1.63 bits per heavy atom.